The maximum absolute atomic E-state index is 13.3. The van der Waals surface area contributed by atoms with Crippen molar-refractivity contribution in [3.63, 3.8) is 0 Å². The number of H-pyrrole nitrogens is 1. The SMILES string of the molecule is O=C1NC(=C=S)N(Cc2ccccc2[C@H]2C[C@H](C(F)(F)F)CCN2)c2nc[nH]c21. The lowest BCUT2D eigenvalue weighted by atomic mass is 9.86. The molecule has 0 bridgehead atoms. The first-order valence-corrected chi connectivity index (χ1v) is 9.54. The van der Waals surface area contributed by atoms with Gasteiger partial charge in [0.15, 0.2) is 11.6 Å². The lowest BCUT2D eigenvalue weighted by Gasteiger charge is -2.34. The number of alkyl halides is 3. The quantitative estimate of drug-likeness (QED) is 0.664. The van der Waals surface area contributed by atoms with Gasteiger partial charge in [0, 0.05) is 6.04 Å². The number of aromatic amines is 1. The Kier molecular flexibility index (Phi) is 5.16. The van der Waals surface area contributed by atoms with Crippen LogP contribution in [0.3, 0.4) is 0 Å². The van der Waals surface area contributed by atoms with Crippen LogP contribution < -0.4 is 15.5 Å². The van der Waals surface area contributed by atoms with Crippen LogP contribution in [-0.4, -0.2) is 33.6 Å². The van der Waals surface area contributed by atoms with Crippen LogP contribution in [0.25, 0.3) is 0 Å². The molecule has 3 heterocycles. The molecular weight excluding hydrogens is 403 g/mol. The van der Waals surface area contributed by atoms with Gasteiger partial charge < -0.3 is 10.3 Å². The van der Waals surface area contributed by atoms with Gasteiger partial charge in [-0.15, -0.1) is 0 Å². The number of imidazole rings is 1. The fourth-order valence-corrected chi connectivity index (χ4v) is 4.04. The minimum Gasteiger partial charge on any atom is -0.339 e. The third-order valence-electron chi connectivity index (χ3n) is 5.33. The summed E-state index contributed by atoms with van der Waals surface area (Å²) in [7, 11) is 0. The Balaban J connectivity index is 1.65. The molecule has 2 aliphatic heterocycles. The summed E-state index contributed by atoms with van der Waals surface area (Å²) in [6.45, 7) is 0.583. The van der Waals surface area contributed by atoms with Gasteiger partial charge in [-0.25, -0.2) is 4.98 Å². The van der Waals surface area contributed by atoms with Gasteiger partial charge in [-0.3, -0.25) is 15.0 Å². The Morgan fingerprint density at radius 1 is 1.31 bits per heavy atom. The lowest BCUT2D eigenvalue weighted by Crippen LogP contribution is -2.42. The first kappa shape index (κ1) is 19.6. The first-order chi connectivity index (χ1) is 13.9. The minimum absolute atomic E-state index is 0.0131. The summed E-state index contributed by atoms with van der Waals surface area (Å²) in [5.74, 6) is -1.01. The Labute approximate surface area is 170 Å². The number of nitrogens with zero attached hydrogens (tertiary/aromatic N) is 2. The Morgan fingerprint density at radius 2 is 2.10 bits per heavy atom. The molecule has 1 aromatic heterocycles. The third-order valence-corrected chi connectivity index (χ3v) is 5.52. The van der Waals surface area contributed by atoms with E-state index in [0.717, 1.165) is 11.1 Å². The van der Waals surface area contributed by atoms with Crippen molar-refractivity contribution in [1.82, 2.24) is 20.6 Å². The van der Waals surface area contributed by atoms with Crippen molar-refractivity contribution in [3.8, 4) is 0 Å². The number of anilines is 1. The van der Waals surface area contributed by atoms with Crippen molar-refractivity contribution in [3.05, 3.63) is 53.2 Å². The summed E-state index contributed by atoms with van der Waals surface area (Å²) in [5.41, 5.74) is 1.91. The van der Waals surface area contributed by atoms with E-state index in [1.54, 1.807) is 4.90 Å². The van der Waals surface area contributed by atoms with Crippen LogP contribution in [0.15, 0.2) is 36.4 Å². The number of halogens is 3. The summed E-state index contributed by atoms with van der Waals surface area (Å²) in [6.07, 6.45) is -2.73. The average molecular weight is 421 g/mol. The summed E-state index contributed by atoms with van der Waals surface area (Å²) >= 11 is 4.92. The molecular formula is C19H18F3N5OS. The maximum atomic E-state index is 13.3. The number of fused-ring (bicyclic) bond motifs is 1. The fourth-order valence-electron chi connectivity index (χ4n) is 3.88. The van der Waals surface area contributed by atoms with Crippen LogP contribution in [0.2, 0.25) is 0 Å². The van der Waals surface area contributed by atoms with E-state index in [9.17, 15) is 18.0 Å². The number of hydrogen-bond acceptors (Lipinski definition) is 5. The van der Waals surface area contributed by atoms with Crippen LogP contribution in [-0.2, 0) is 6.54 Å². The number of carbonyl (C=O) groups is 1. The zero-order valence-electron chi connectivity index (χ0n) is 15.2. The van der Waals surface area contributed by atoms with Crippen molar-refractivity contribution in [2.75, 3.05) is 11.4 Å². The van der Waals surface area contributed by atoms with Crippen molar-refractivity contribution in [1.29, 1.82) is 0 Å². The number of benzene rings is 1. The first-order valence-electron chi connectivity index (χ1n) is 9.13. The largest absolute Gasteiger partial charge is 0.391 e. The molecule has 152 valence electrons. The highest BCUT2D eigenvalue weighted by Crippen LogP contribution is 2.39. The molecule has 0 radical (unpaired) electrons. The number of hydrogen-bond donors (Lipinski definition) is 3. The van der Waals surface area contributed by atoms with Gasteiger partial charge in [-0.1, -0.05) is 24.3 Å². The standard InChI is InChI=1S/C19H18F3N5OS/c20-19(21,22)12-5-6-23-14(7-12)13-4-2-1-3-11(13)8-27-15(9-29)26-18(28)16-17(27)25-10-24-16/h1-4,10,12,14,23H,5-8H2,(H,24,25)(H,26,28)/t12-,14-/m1/s1. The van der Waals surface area contributed by atoms with Crippen LogP contribution in [0.1, 0.15) is 40.5 Å². The Bertz CT molecular complexity index is 982. The second kappa shape index (κ2) is 7.62. The van der Waals surface area contributed by atoms with Crippen LogP contribution >= 0.6 is 12.2 Å². The van der Waals surface area contributed by atoms with E-state index in [1.165, 1.54) is 6.33 Å². The number of thiocarbonyl (C=S) groups is 1. The summed E-state index contributed by atoms with van der Waals surface area (Å²) in [4.78, 5) is 20.8. The monoisotopic (exact) mass is 421 g/mol. The molecule has 29 heavy (non-hydrogen) atoms. The molecule has 0 spiro atoms. The van der Waals surface area contributed by atoms with E-state index in [2.05, 4.69) is 25.6 Å². The molecule has 2 atom stereocenters. The van der Waals surface area contributed by atoms with E-state index < -0.39 is 18.1 Å². The van der Waals surface area contributed by atoms with Crippen LogP contribution in [0.4, 0.5) is 19.0 Å². The van der Waals surface area contributed by atoms with E-state index in [4.69, 9.17) is 12.2 Å². The molecule has 2 aliphatic rings. The predicted octanol–water partition coefficient (Wildman–Crippen LogP) is 3.20. The van der Waals surface area contributed by atoms with Gasteiger partial charge in [0.2, 0.25) is 0 Å². The normalized spacial score (nSPS) is 22.1. The third kappa shape index (κ3) is 3.78. The van der Waals surface area contributed by atoms with Gasteiger partial charge in [0.05, 0.1) is 18.8 Å². The molecule has 0 saturated carbocycles. The summed E-state index contributed by atoms with van der Waals surface area (Å²) in [5, 5.41) is 8.40. The average Bonchev–Trinajstić information content (AvgIpc) is 3.20. The zero-order valence-corrected chi connectivity index (χ0v) is 16.0. The molecule has 1 aromatic carbocycles. The minimum atomic E-state index is -4.20. The smallest absolute Gasteiger partial charge is 0.339 e. The summed E-state index contributed by atoms with van der Waals surface area (Å²) in [6, 6.07) is 6.92. The van der Waals surface area contributed by atoms with Gasteiger partial charge in [-0.05, 0) is 47.8 Å². The highest BCUT2D eigenvalue weighted by molar-refractivity contribution is 7.78. The Hall–Kier alpha value is -2.68. The Morgan fingerprint density at radius 3 is 2.86 bits per heavy atom. The van der Waals surface area contributed by atoms with E-state index in [0.29, 0.717) is 18.1 Å². The molecule has 2 aromatic rings. The molecule has 4 rings (SSSR count). The van der Waals surface area contributed by atoms with Crippen molar-refractivity contribution in [2.24, 2.45) is 5.92 Å². The van der Waals surface area contributed by atoms with Gasteiger partial charge in [-0.2, -0.15) is 13.2 Å². The molecule has 0 unspecified atom stereocenters. The van der Waals surface area contributed by atoms with Gasteiger partial charge >= 0.3 is 6.18 Å². The molecule has 3 N–H and O–H groups in total. The zero-order chi connectivity index (χ0) is 20.6. The molecule has 1 amide bonds. The van der Waals surface area contributed by atoms with Crippen LogP contribution in [0, 0.1) is 5.92 Å². The maximum Gasteiger partial charge on any atom is 0.391 e. The van der Waals surface area contributed by atoms with Crippen molar-refractivity contribution < 1.29 is 18.0 Å². The molecule has 10 heteroatoms. The number of aromatic nitrogens is 2. The fraction of sp³-hybridized carbons (Fsp3) is 0.368. The number of rotatable bonds is 3. The molecule has 1 saturated heterocycles. The van der Waals surface area contributed by atoms with Crippen molar-refractivity contribution >= 4 is 29.0 Å². The lowest BCUT2D eigenvalue weighted by molar-refractivity contribution is -0.183. The van der Waals surface area contributed by atoms with Gasteiger partial charge in [0.1, 0.15) is 5.69 Å². The van der Waals surface area contributed by atoms with E-state index in [1.807, 2.05) is 24.3 Å². The summed E-state index contributed by atoms with van der Waals surface area (Å²) < 4.78 is 39.8. The second-order valence-corrected chi connectivity index (χ2v) is 7.26. The number of amides is 1. The molecule has 0 aliphatic carbocycles. The molecule has 1 fully saturated rings. The number of nitrogens with one attached hydrogen (secondary N) is 3. The predicted molar refractivity (Wildman–Crippen MR) is 104 cm³/mol. The molecule has 6 nitrogen and oxygen atoms in total. The van der Waals surface area contributed by atoms with Gasteiger partial charge in [0.25, 0.3) is 5.91 Å². The topological polar surface area (TPSA) is 73.1 Å². The van der Waals surface area contributed by atoms with Crippen LogP contribution in [0.5, 0.6) is 0 Å². The second-order valence-electron chi connectivity index (χ2n) is 7.06. The van der Waals surface area contributed by atoms with E-state index >= 15 is 0 Å². The van der Waals surface area contributed by atoms with Crippen molar-refractivity contribution in [2.45, 2.75) is 31.6 Å². The highest BCUT2D eigenvalue weighted by atomic mass is 32.1. The number of piperidine rings is 1. The highest BCUT2D eigenvalue weighted by Gasteiger charge is 2.42. The van der Waals surface area contributed by atoms with E-state index in [-0.39, 0.29) is 31.1 Å². The number of carbonyl (C=O) groups excluding carboxylic acids is 1.